The number of benzene rings is 2. The molecule has 2 aromatic carbocycles. The monoisotopic (exact) mass is 374 g/mol. The molecule has 0 heterocycles. The predicted octanol–water partition coefficient (Wildman–Crippen LogP) is 3.41. The van der Waals surface area contributed by atoms with E-state index in [1.54, 1.807) is 24.3 Å². The molecule has 0 saturated heterocycles. The Bertz CT molecular complexity index is 885. The second-order valence-corrected chi connectivity index (χ2v) is 9.28. The van der Waals surface area contributed by atoms with Gasteiger partial charge in [-0.15, -0.1) is 0 Å². The van der Waals surface area contributed by atoms with E-state index in [-0.39, 0.29) is 17.3 Å². The van der Waals surface area contributed by atoms with Gasteiger partial charge in [0.25, 0.3) is 10.0 Å². The minimum atomic E-state index is -3.87. The second kappa shape index (κ2) is 7.50. The van der Waals surface area contributed by atoms with Gasteiger partial charge in [0.1, 0.15) is 6.54 Å². The highest BCUT2D eigenvalue weighted by Gasteiger charge is 2.29. The van der Waals surface area contributed by atoms with Gasteiger partial charge < -0.3 is 5.32 Å². The molecule has 0 radical (unpaired) electrons. The summed E-state index contributed by atoms with van der Waals surface area (Å²) >= 11 is 0. The Morgan fingerprint density at radius 3 is 2.23 bits per heavy atom. The van der Waals surface area contributed by atoms with Crippen molar-refractivity contribution in [2.75, 3.05) is 10.8 Å². The smallest absolute Gasteiger partial charge is 0.264 e. The van der Waals surface area contributed by atoms with Crippen molar-refractivity contribution in [1.29, 1.82) is 0 Å². The maximum absolute atomic E-state index is 13.2. The van der Waals surface area contributed by atoms with Crippen LogP contribution in [-0.2, 0) is 14.8 Å². The normalized spacial score (nSPS) is 11.9. The van der Waals surface area contributed by atoms with Crippen molar-refractivity contribution < 1.29 is 13.2 Å². The van der Waals surface area contributed by atoms with E-state index in [2.05, 4.69) is 5.32 Å². The topological polar surface area (TPSA) is 66.5 Å². The molecule has 5 nitrogen and oxygen atoms in total. The van der Waals surface area contributed by atoms with Gasteiger partial charge in [-0.2, -0.15) is 0 Å². The highest BCUT2D eigenvalue weighted by atomic mass is 32.2. The highest BCUT2D eigenvalue weighted by Crippen LogP contribution is 2.27. The van der Waals surface area contributed by atoms with Crippen LogP contribution in [0.5, 0.6) is 0 Å². The van der Waals surface area contributed by atoms with E-state index >= 15 is 0 Å². The zero-order valence-corrected chi connectivity index (χ0v) is 16.7. The third kappa shape index (κ3) is 4.85. The van der Waals surface area contributed by atoms with Crippen LogP contribution < -0.4 is 9.62 Å². The van der Waals surface area contributed by atoms with Gasteiger partial charge in [0.15, 0.2) is 0 Å². The maximum atomic E-state index is 13.2. The van der Waals surface area contributed by atoms with Gasteiger partial charge >= 0.3 is 0 Å². The van der Waals surface area contributed by atoms with Gasteiger partial charge in [0.05, 0.1) is 10.6 Å². The summed E-state index contributed by atoms with van der Waals surface area (Å²) in [5.74, 6) is -0.349. The number of anilines is 1. The van der Waals surface area contributed by atoms with E-state index in [9.17, 15) is 13.2 Å². The molecule has 0 atom stereocenters. The van der Waals surface area contributed by atoms with Crippen molar-refractivity contribution >= 4 is 21.6 Å². The van der Waals surface area contributed by atoms with E-state index in [4.69, 9.17) is 0 Å². The summed E-state index contributed by atoms with van der Waals surface area (Å²) in [6.45, 7) is 9.03. The molecule has 0 aromatic heterocycles. The number of carbonyl (C=O) groups is 1. The van der Waals surface area contributed by atoms with Gasteiger partial charge in [-0.25, -0.2) is 8.42 Å². The molecule has 140 valence electrons. The quantitative estimate of drug-likeness (QED) is 0.872. The van der Waals surface area contributed by atoms with E-state index < -0.39 is 15.6 Å². The predicted molar refractivity (Wildman–Crippen MR) is 105 cm³/mol. The van der Waals surface area contributed by atoms with E-state index in [0.29, 0.717) is 5.69 Å². The average Bonchev–Trinajstić information content (AvgIpc) is 2.54. The molecule has 0 spiro atoms. The lowest BCUT2D eigenvalue weighted by molar-refractivity contribution is -0.121. The van der Waals surface area contributed by atoms with Crippen molar-refractivity contribution in [3.05, 3.63) is 59.7 Å². The number of nitrogens with zero attached hydrogens (tertiary/aromatic N) is 1. The van der Waals surface area contributed by atoms with Gasteiger partial charge in [-0.3, -0.25) is 9.10 Å². The lowest BCUT2D eigenvalue weighted by Crippen LogP contribution is -2.47. The number of aryl methyl sites for hydroxylation is 2. The number of amides is 1. The van der Waals surface area contributed by atoms with Crippen LogP contribution in [0.3, 0.4) is 0 Å². The third-order valence-electron chi connectivity index (χ3n) is 3.77. The fraction of sp³-hybridized carbons (Fsp3) is 0.350. The van der Waals surface area contributed by atoms with E-state index in [1.165, 1.54) is 16.4 Å². The Morgan fingerprint density at radius 2 is 1.65 bits per heavy atom. The Balaban J connectivity index is 2.52. The fourth-order valence-corrected chi connectivity index (χ4v) is 4.09. The number of sulfonamides is 1. The Hall–Kier alpha value is -2.34. The molecule has 0 unspecified atom stereocenters. The average molecular weight is 375 g/mol. The first kappa shape index (κ1) is 20.0. The molecule has 1 N–H and O–H groups in total. The number of rotatable bonds is 5. The molecule has 0 bridgehead atoms. The van der Waals surface area contributed by atoms with Crippen LogP contribution in [-0.4, -0.2) is 26.4 Å². The summed E-state index contributed by atoms with van der Waals surface area (Å²) in [7, 11) is -3.87. The third-order valence-corrected chi connectivity index (χ3v) is 5.54. The SMILES string of the molecule is Cc1ccc(C)c(N(CC(=O)NC(C)(C)C)S(=O)(=O)c2ccccc2)c1. The van der Waals surface area contributed by atoms with Crippen LogP contribution in [0.4, 0.5) is 5.69 Å². The summed E-state index contributed by atoms with van der Waals surface area (Å²) in [5.41, 5.74) is 1.78. The fourth-order valence-electron chi connectivity index (χ4n) is 2.60. The molecular formula is C20H26N2O3S. The molecule has 2 rings (SSSR count). The van der Waals surface area contributed by atoms with Crippen molar-refractivity contribution in [1.82, 2.24) is 5.32 Å². The second-order valence-electron chi connectivity index (χ2n) is 7.41. The van der Waals surface area contributed by atoms with Gasteiger partial charge in [-0.1, -0.05) is 30.3 Å². The van der Waals surface area contributed by atoms with Crippen LogP contribution in [0.25, 0.3) is 0 Å². The lowest BCUT2D eigenvalue weighted by atomic mass is 10.1. The molecule has 26 heavy (non-hydrogen) atoms. The van der Waals surface area contributed by atoms with Crippen molar-refractivity contribution in [3.8, 4) is 0 Å². The first-order valence-electron chi connectivity index (χ1n) is 8.47. The zero-order valence-electron chi connectivity index (χ0n) is 15.9. The van der Waals surface area contributed by atoms with Crippen LogP contribution in [0.1, 0.15) is 31.9 Å². The Kier molecular flexibility index (Phi) is 5.76. The Morgan fingerprint density at radius 1 is 1.04 bits per heavy atom. The molecule has 1 amide bonds. The van der Waals surface area contributed by atoms with Crippen molar-refractivity contribution in [2.24, 2.45) is 0 Å². The number of hydrogen-bond acceptors (Lipinski definition) is 3. The molecule has 0 fully saturated rings. The molecule has 6 heteroatoms. The first-order valence-corrected chi connectivity index (χ1v) is 9.91. The molecule has 0 aliphatic rings. The summed E-state index contributed by atoms with van der Waals surface area (Å²) in [4.78, 5) is 12.7. The van der Waals surface area contributed by atoms with E-state index in [0.717, 1.165) is 11.1 Å². The molecule has 2 aromatic rings. The minimum absolute atomic E-state index is 0.157. The first-order chi connectivity index (χ1) is 12.0. The molecular weight excluding hydrogens is 348 g/mol. The summed E-state index contributed by atoms with van der Waals surface area (Å²) in [6.07, 6.45) is 0. The van der Waals surface area contributed by atoms with Gasteiger partial charge in [-0.05, 0) is 63.9 Å². The van der Waals surface area contributed by atoms with Crippen LogP contribution in [0, 0.1) is 13.8 Å². The summed E-state index contributed by atoms with van der Waals surface area (Å²) < 4.78 is 27.7. The van der Waals surface area contributed by atoms with Crippen LogP contribution in [0.2, 0.25) is 0 Å². The molecule has 0 aliphatic carbocycles. The largest absolute Gasteiger partial charge is 0.350 e. The van der Waals surface area contributed by atoms with Crippen LogP contribution in [0.15, 0.2) is 53.4 Å². The van der Waals surface area contributed by atoms with Crippen molar-refractivity contribution in [2.45, 2.75) is 45.1 Å². The number of nitrogens with one attached hydrogen (secondary N) is 1. The van der Waals surface area contributed by atoms with E-state index in [1.807, 2.05) is 46.8 Å². The molecule has 0 saturated carbocycles. The standard InChI is InChI=1S/C20H26N2O3S/c1-15-11-12-16(2)18(13-15)22(14-19(23)21-20(3,4)5)26(24,25)17-9-7-6-8-10-17/h6-13H,14H2,1-5H3,(H,21,23). The highest BCUT2D eigenvalue weighted by molar-refractivity contribution is 7.92. The lowest BCUT2D eigenvalue weighted by Gasteiger charge is -2.28. The Labute approximate surface area is 156 Å². The summed E-state index contributed by atoms with van der Waals surface area (Å²) in [5, 5.41) is 2.83. The minimum Gasteiger partial charge on any atom is -0.350 e. The molecule has 0 aliphatic heterocycles. The summed E-state index contributed by atoms with van der Waals surface area (Å²) in [6, 6.07) is 13.7. The van der Waals surface area contributed by atoms with Gasteiger partial charge in [0.2, 0.25) is 5.91 Å². The van der Waals surface area contributed by atoms with Crippen LogP contribution >= 0.6 is 0 Å². The number of hydrogen-bond donors (Lipinski definition) is 1. The zero-order chi connectivity index (χ0) is 19.5. The van der Waals surface area contributed by atoms with Gasteiger partial charge in [0, 0.05) is 5.54 Å². The van der Waals surface area contributed by atoms with Crippen molar-refractivity contribution in [3.63, 3.8) is 0 Å². The maximum Gasteiger partial charge on any atom is 0.264 e. The number of carbonyl (C=O) groups excluding carboxylic acids is 1.